The molecule has 3 nitrogen and oxygen atoms in total. The van der Waals surface area contributed by atoms with Gasteiger partial charge in [-0.3, -0.25) is 0 Å². The molecule has 0 amide bonds. The van der Waals surface area contributed by atoms with E-state index in [9.17, 15) is 10.1 Å². The van der Waals surface area contributed by atoms with Crippen LogP contribution in [0.4, 0.5) is 0 Å². The molecule has 0 rings (SSSR count). The Bertz CT molecular complexity index is 340. The van der Waals surface area contributed by atoms with Gasteiger partial charge < -0.3 is 4.74 Å². The first-order valence-corrected chi connectivity index (χ1v) is 5.70. The molecule has 0 fully saturated rings. The van der Waals surface area contributed by atoms with Crippen LogP contribution in [0.3, 0.4) is 0 Å². The molecule has 0 aromatic carbocycles. The molecule has 0 aromatic rings. The lowest BCUT2D eigenvalue weighted by molar-refractivity contribution is -0.151. The Morgan fingerprint density at radius 1 is 1.50 bits per heavy atom. The summed E-state index contributed by atoms with van der Waals surface area (Å²) in [6, 6.07) is 1.93. The predicted octanol–water partition coefficient (Wildman–Crippen LogP) is 3.42. The van der Waals surface area contributed by atoms with Crippen molar-refractivity contribution in [3.8, 4) is 6.07 Å². The molecule has 0 N–H and O–H groups in total. The minimum absolute atomic E-state index is 0.0325. The van der Waals surface area contributed by atoms with Crippen LogP contribution >= 0.6 is 23.2 Å². The standard InChI is InChI=1S/C11H15Cl2NO2/c1-5-16-10(15)11(6-14,7(2)3)9(13)8(4)12/h7H,5H2,1-4H3/b9-8-. The Balaban J connectivity index is 5.64. The van der Waals surface area contributed by atoms with Gasteiger partial charge >= 0.3 is 5.97 Å². The summed E-state index contributed by atoms with van der Waals surface area (Å²) in [6.07, 6.45) is 0. The van der Waals surface area contributed by atoms with E-state index < -0.39 is 11.4 Å². The zero-order valence-corrected chi connectivity index (χ0v) is 11.3. The van der Waals surface area contributed by atoms with Crippen molar-refractivity contribution in [1.29, 1.82) is 5.26 Å². The van der Waals surface area contributed by atoms with Crippen molar-refractivity contribution < 1.29 is 9.53 Å². The molecule has 5 heteroatoms. The number of carbonyl (C=O) groups is 1. The second-order valence-electron chi connectivity index (χ2n) is 3.64. The molecule has 1 unspecified atom stereocenters. The van der Waals surface area contributed by atoms with E-state index in [1.54, 1.807) is 20.8 Å². The van der Waals surface area contributed by atoms with E-state index in [-0.39, 0.29) is 22.6 Å². The van der Waals surface area contributed by atoms with Crippen LogP contribution < -0.4 is 0 Å². The SMILES string of the molecule is CCOC(=O)C(C#N)(/C(Cl)=C(\C)Cl)C(C)C. The van der Waals surface area contributed by atoms with E-state index in [1.807, 2.05) is 6.07 Å². The van der Waals surface area contributed by atoms with E-state index in [0.29, 0.717) is 0 Å². The van der Waals surface area contributed by atoms with Gasteiger partial charge in [0.15, 0.2) is 5.41 Å². The minimum Gasteiger partial charge on any atom is -0.465 e. The molecule has 0 radical (unpaired) electrons. The number of esters is 1. The summed E-state index contributed by atoms with van der Waals surface area (Å²) in [5.41, 5.74) is -1.51. The van der Waals surface area contributed by atoms with E-state index >= 15 is 0 Å². The van der Waals surface area contributed by atoms with Crippen molar-refractivity contribution in [3.05, 3.63) is 10.1 Å². The summed E-state index contributed by atoms with van der Waals surface area (Å²) >= 11 is 11.8. The van der Waals surface area contributed by atoms with Gasteiger partial charge in [-0.25, -0.2) is 4.79 Å². The van der Waals surface area contributed by atoms with Crippen molar-refractivity contribution in [3.63, 3.8) is 0 Å². The lowest BCUT2D eigenvalue weighted by Gasteiger charge is -2.28. The summed E-state index contributed by atoms with van der Waals surface area (Å²) < 4.78 is 4.89. The highest BCUT2D eigenvalue weighted by Gasteiger charge is 2.47. The maximum Gasteiger partial charge on any atom is 0.332 e. The number of nitrogens with zero attached hydrogens (tertiary/aromatic N) is 1. The molecular formula is C11H15Cl2NO2. The predicted molar refractivity (Wildman–Crippen MR) is 63.9 cm³/mol. The average molecular weight is 264 g/mol. The lowest BCUT2D eigenvalue weighted by Crippen LogP contribution is -2.37. The first-order valence-electron chi connectivity index (χ1n) is 4.95. The Morgan fingerprint density at radius 2 is 2.00 bits per heavy atom. The molecule has 0 aliphatic rings. The molecule has 0 spiro atoms. The van der Waals surface area contributed by atoms with Crippen LogP contribution in [0.2, 0.25) is 0 Å². The van der Waals surface area contributed by atoms with Crippen LogP contribution in [0.15, 0.2) is 10.1 Å². The van der Waals surface area contributed by atoms with E-state index in [4.69, 9.17) is 27.9 Å². The fourth-order valence-corrected chi connectivity index (χ4v) is 1.81. The fourth-order valence-electron chi connectivity index (χ4n) is 1.32. The van der Waals surface area contributed by atoms with E-state index in [2.05, 4.69) is 0 Å². The monoisotopic (exact) mass is 263 g/mol. The molecule has 1 atom stereocenters. The molecule has 16 heavy (non-hydrogen) atoms. The topological polar surface area (TPSA) is 50.1 Å². The van der Waals surface area contributed by atoms with Gasteiger partial charge in [0.05, 0.1) is 17.7 Å². The summed E-state index contributed by atoms with van der Waals surface area (Å²) in [6.45, 7) is 6.86. The highest BCUT2D eigenvalue weighted by Crippen LogP contribution is 2.41. The largest absolute Gasteiger partial charge is 0.465 e. The van der Waals surface area contributed by atoms with Gasteiger partial charge in [0, 0.05) is 5.03 Å². The van der Waals surface area contributed by atoms with Gasteiger partial charge in [-0.2, -0.15) is 5.26 Å². The fraction of sp³-hybridized carbons (Fsp3) is 0.636. The summed E-state index contributed by atoms with van der Waals surface area (Å²) in [4.78, 5) is 11.9. The molecule has 0 saturated carbocycles. The summed E-state index contributed by atoms with van der Waals surface area (Å²) in [5, 5.41) is 9.49. The zero-order chi connectivity index (χ0) is 12.9. The van der Waals surface area contributed by atoms with Gasteiger partial charge in [-0.15, -0.1) is 0 Å². The number of rotatable bonds is 4. The molecule has 0 heterocycles. The quantitative estimate of drug-likeness (QED) is 0.731. The number of allylic oxidation sites excluding steroid dienone is 1. The average Bonchev–Trinajstić information content (AvgIpc) is 2.19. The minimum atomic E-state index is -1.51. The third kappa shape index (κ3) is 2.69. The third-order valence-corrected chi connectivity index (χ3v) is 3.16. The number of ether oxygens (including phenoxy) is 1. The molecule has 0 bridgehead atoms. The molecular weight excluding hydrogens is 249 g/mol. The Kier molecular flexibility index (Phi) is 5.85. The van der Waals surface area contributed by atoms with Crippen LogP contribution in [0.5, 0.6) is 0 Å². The van der Waals surface area contributed by atoms with Crippen LogP contribution in [-0.2, 0) is 9.53 Å². The van der Waals surface area contributed by atoms with Gasteiger partial charge in [0.2, 0.25) is 0 Å². The Morgan fingerprint density at radius 3 is 2.25 bits per heavy atom. The molecule has 0 saturated heterocycles. The van der Waals surface area contributed by atoms with Gasteiger partial charge in [-0.05, 0) is 19.8 Å². The van der Waals surface area contributed by atoms with Crippen molar-refractivity contribution in [2.45, 2.75) is 27.7 Å². The van der Waals surface area contributed by atoms with Gasteiger partial charge in [0.25, 0.3) is 0 Å². The first-order chi connectivity index (χ1) is 7.34. The van der Waals surface area contributed by atoms with Crippen molar-refractivity contribution in [2.75, 3.05) is 6.61 Å². The summed E-state index contributed by atoms with van der Waals surface area (Å²) in [7, 11) is 0. The van der Waals surface area contributed by atoms with Crippen LogP contribution in [0.1, 0.15) is 27.7 Å². The van der Waals surface area contributed by atoms with Crippen molar-refractivity contribution >= 4 is 29.2 Å². The second-order valence-corrected chi connectivity index (χ2v) is 4.59. The number of hydrogen-bond acceptors (Lipinski definition) is 3. The third-order valence-electron chi connectivity index (χ3n) is 2.29. The molecule has 0 aliphatic carbocycles. The van der Waals surface area contributed by atoms with Crippen LogP contribution in [-0.4, -0.2) is 12.6 Å². The van der Waals surface area contributed by atoms with Gasteiger partial charge in [0.1, 0.15) is 0 Å². The normalized spacial score (nSPS) is 16.1. The Hall–Kier alpha value is -0.720. The van der Waals surface area contributed by atoms with E-state index in [0.717, 1.165) is 0 Å². The van der Waals surface area contributed by atoms with Crippen molar-refractivity contribution in [2.24, 2.45) is 11.3 Å². The molecule has 0 aliphatic heterocycles. The first kappa shape index (κ1) is 15.3. The van der Waals surface area contributed by atoms with E-state index in [1.165, 1.54) is 6.92 Å². The van der Waals surface area contributed by atoms with Gasteiger partial charge in [-0.1, -0.05) is 37.0 Å². The number of nitriles is 1. The Labute approximate surface area is 106 Å². The zero-order valence-electron chi connectivity index (χ0n) is 9.80. The van der Waals surface area contributed by atoms with Crippen LogP contribution in [0.25, 0.3) is 0 Å². The van der Waals surface area contributed by atoms with Crippen molar-refractivity contribution in [1.82, 2.24) is 0 Å². The number of hydrogen-bond donors (Lipinski definition) is 0. The maximum absolute atomic E-state index is 11.9. The highest BCUT2D eigenvalue weighted by atomic mass is 35.5. The smallest absolute Gasteiger partial charge is 0.332 e. The highest BCUT2D eigenvalue weighted by molar-refractivity contribution is 6.40. The molecule has 0 aromatic heterocycles. The number of carbonyl (C=O) groups excluding carboxylic acids is 1. The number of halogens is 2. The summed E-state index contributed by atoms with van der Waals surface area (Å²) in [5.74, 6) is -0.977. The maximum atomic E-state index is 11.9. The lowest BCUT2D eigenvalue weighted by atomic mass is 9.78. The molecule has 90 valence electrons. The second kappa shape index (κ2) is 6.12. The van der Waals surface area contributed by atoms with Crippen LogP contribution in [0, 0.1) is 22.7 Å².